The van der Waals surface area contributed by atoms with Crippen molar-refractivity contribution in [3.63, 3.8) is 0 Å². The van der Waals surface area contributed by atoms with E-state index in [0.717, 1.165) is 15.4 Å². The maximum Gasteiger partial charge on any atom is 0.343 e. The van der Waals surface area contributed by atoms with E-state index in [-0.39, 0.29) is 4.90 Å². The van der Waals surface area contributed by atoms with Crippen LogP contribution in [0.3, 0.4) is 0 Å². The van der Waals surface area contributed by atoms with Crippen molar-refractivity contribution < 1.29 is 17.9 Å². The van der Waals surface area contributed by atoms with Gasteiger partial charge in [0, 0.05) is 14.1 Å². The summed E-state index contributed by atoms with van der Waals surface area (Å²) >= 11 is 0. The first kappa shape index (κ1) is 17.2. The standard InChI is InChI=1S/C17H19NO4S/c1-12-9-13(2)11-15(10-12)22-17(19)14-5-7-16(8-6-14)23(20,21)18(3)4/h5-11H,1-4H3. The van der Waals surface area contributed by atoms with Gasteiger partial charge in [-0.15, -0.1) is 0 Å². The Kier molecular flexibility index (Phi) is 4.87. The zero-order valence-corrected chi connectivity index (χ0v) is 14.3. The van der Waals surface area contributed by atoms with Crippen molar-refractivity contribution in [2.75, 3.05) is 14.1 Å². The van der Waals surface area contributed by atoms with Crippen LogP contribution in [0, 0.1) is 13.8 Å². The second kappa shape index (κ2) is 6.52. The Hall–Kier alpha value is -2.18. The van der Waals surface area contributed by atoms with Gasteiger partial charge in [-0.1, -0.05) is 6.07 Å². The number of aryl methyl sites for hydroxylation is 2. The molecule has 0 N–H and O–H groups in total. The second-order valence-electron chi connectivity index (χ2n) is 5.52. The van der Waals surface area contributed by atoms with Gasteiger partial charge < -0.3 is 4.74 Å². The number of esters is 1. The fraction of sp³-hybridized carbons (Fsp3) is 0.235. The van der Waals surface area contributed by atoms with Crippen molar-refractivity contribution in [1.82, 2.24) is 4.31 Å². The van der Waals surface area contributed by atoms with E-state index in [2.05, 4.69) is 0 Å². The summed E-state index contributed by atoms with van der Waals surface area (Å²) in [6, 6.07) is 11.2. The van der Waals surface area contributed by atoms with Crippen molar-refractivity contribution in [3.05, 3.63) is 59.2 Å². The number of rotatable bonds is 4. The smallest absolute Gasteiger partial charge is 0.343 e. The van der Waals surface area contributed by atoms with Crippen molar-refractivity contribution >= 4 is 16.0 Å². The van der Waals surface area contributed by atoms with E-state index >= 15 is 0 Å². The molecule has 0 aliphatic carbocycles. The Morgan fingerprint density at radius 1 is 0.957 bits per heavy atom. The van der Waals surface area contributed by atoms with E-state index in [9.17, 15) is 13.2 Å². The van der Waals surface area contributed by atoms with Crippen LogP contribution < -0.4 is 4.74 Å². The molecule has 6 heteroatoms. The minimum Gasteiger partial charge on any atom is -0.423 e. The lowest BCUT2D eigenvalue weighted by Gasteiger charge is -2.11. The molecule has 0 aliphatic rings. The van der Waals surface area contributed by atoms with Crippen molar-refractivity contribution in [2.24, 2.45) is 0 Å². The summed E-state index contributed by atoms with van der Waals surface area (Å²) in [5.41, 5.74) is 2.29. The summed E-state index contributed by atoms with van der Waals surface area (Å²) < 4.78 is 30.4. The number of ether oxygens (including phenoxy) is 1. The molecule has 0 heterocycles. The molecule has 0 saturated heterocycles. The molecular weight excluding hydrogens is 314 g/mol. The van der Waals surface area contributed by atoms with Crippen molar-refractivity contribution in [1.29, 1.82) is 0 Å². The van der Waals surface area contributed by atoms with Crippen molar-refractivity contribution in [3.8, 4) is 5.75 Å². The van der Waals surface area contributed by atoms with Gasteiger partial charge in [0.15, 0.2) is 0 Å². The maximum atomic E-state index is 12.1. The summed E-state index contributed by atoms with van der Waals surface area (Å²) in [5, 5.41) is 0. The Balaban J connectivity index is 2.21. The lowest BCUT2D eigenvalue weighted by molar-refractivity contribution is 0.0734. The predicted octanol–water partition coefficient (Wildman–Crippen LogP) is 2.77. The minimum atomic E-state index is -3.51. The summed E-state index contributed by atoms with van der Waals surface area (Å²) in [6.45, 7) is 3.84. The SMILES string of the molecule is Cc1cc(C)cc(OC(=O)c2ccc(S(=O)(=O)N(C)C)cc2)c1. The number of carbonyl (C=O) groups excluding carboxylic acids is 1. The summed E-state index contributed by atoms with van der Waals surface area (Å²) in [6.07, 6.45) is 0. The molecule has 0 aromatic heterocycles. The van der Waals surface area contributed by atoms with Gasteiger partial charge in [-0.05, 0) is 61.4 Å². The van der Waals surface area contributed by atoms with E-state index in [1.165, 1.54) is 38.4 Å². The van der Waals surface area contributed by atoms with Crippen LogP contribution in [0.1, 0.15) is 21.5 Å². The van der Waals surface area contributed by atoms with Crippen LogP contribution >= 0.6 is 0 Å². The van der Waals surface area contributed by atoms with Gasteiger partial charge in [-0.2, -0.15) is 0 Å². The molecule has 0 saturated carbocycles. The highest BCUT2D eigenvalue weighted by Gasteiger charge is 2.18. The number of nitrogens with zero attached hydrogens (tertiary/aromatic N) is 1. The van der Waals surface area contributed by atoms with Crippen LogP contribution in [0.4, 0.5) is 0 Å². The fourth-order valence-electron chi connectivity index (χ4n) is 2.13. The van der Waals surface area contributed by atoms with E-state index in [0.29, 0.717) is 11.3 Å². The van der Waals surface area contributed by atoms with Gasteiger partial charge in [-0.25, -0.2) is 17.5 Å². The lowest BCUT2D eigenvalue weighted by Crippen LogP contribution is -2.22. The Bertz CT molecular complexity index is 804. The minimum absolute atomic E-state index is 0.130. The first-order valence-corrected chi connectivity index (χ1v) is 8.47. The lowest BCUT2D eigenvalue weighted by atomic mass is 10.1. The highest BCUT2D eigenvalue weighted by molar-refractivity contribution is 7.89. The number of hydrogen-bond acceptors (Lipinski definition) is 4. The third-order valence-electron chi connectivity index (χ3n) is 3.27. The van der Waals surface area contributed by atoms with E-state index in [1.54, 1.807) is 12.1 Å². The van der Waals surface area contributed by atoms with Crippen LogP contribution in [0.25, 0.3) is 0 Å². The van der Waals surface area contributed by atoms with E-state index in [1.807, 2.05) is 19.9 Å². The molecule has 2 rings (SSSR count). The third-order valence-corrected chi connectivity index (χ3v) is 5.10. The largest absolute Gasteiger partial charge is 0.423 e. The van der Waals surface area contributed by atoms with Gasteiger partial charge in [0.25, 0.3) is 0 Å². The molecule has 0 fully saturated rings. The molecule has 0 aliphatic heterocycles. The quantitative estimate of drug-likeness (QED) is 0.637. The Morgan fingerprint density at radius 2 is 1.48 bits per heavy atom. The molecule has 2 aromatic carbocycles. The Morgan fingerprint density at radius 3 is 1.96 bits per heavy atom. The van der Waals surface area contributed by atoms with E-state index in [4.69, 9.17) is 4.74 Å². The zero-order valence-electron chi connectivity index (χ0n) is 13.5. The predicted molar refractivity (Wildman–Crippen MR) is 88.2 cm³/mol. The van der Waals surface area contributed by atoms with Crippen molar-refractivity contribution in [2.45, 2.75) is 18.7 Å². The monoisotopic (exact) mass is 333 g/mol. The van der Waals surface area contributed by atoms with E-state index < -0.39 is 16.0 Å². The molecule has 0 unspecified atom stereocenters. The molecule has 0 amide bonds. The van der Waals surface area contributed by atoms with Gasteiger partial charge in [-0.3, -0.25) is 0 Å². The zero-order chi connectivity index (χ0) is 17.2. The number of sulfonamides is 1. The third kappa shape index (κ3) is 3.97. The average molecular weight is 333 g/mol. The highest BCUT2D eigenvalue weighted by Crippen LogP contribution is 2.19. The molecule has 122 valence electrons. The molecule has 0 atom stereocenters. The molecule has 0 radical (unpaired) electrons. The van der Waals surface area contributed by atoms with Crippen LogP contribution in [0.5, 0.6) is 5.75 Å². The normalized spacial score (nSPS) is 11.5. The first-order valence-electron chi connectivity index (χ1n) is 7.03. The number of benzene rings is 2. The van der Waals surface area contributed by atoms with Gasteiger partial charge in [0.05, 0.1) is 10.5 Å². The molecular formula is C17H19NO4S. The summed E-state index contributed by atoms with van der Waals surface area (Å²) in [7, 11) is -0.596. The van der Waals surface area contributed by atoms with Gasteiger partial charge in [0.2, 0.25) is 10.0 Å². The first-order chi connectivity index (χ1) is 10.7. The number of hydrogen-bond donors (Lipinski definition) is 0. The van der Waals surface area contributed by atoms with Gasteiger partial charge >= 0.3 is 5.97 Å². The molecule has 2 aromatic rings. The fourth-order valence-corrected chi connectivity index (χ4v) is 3.03. The number of carbonyl (C=O) groups is 1. The topological polar surface area (TPSA) is 63.7 Å². The second-order valence-corrected chi connectivity index (χ2v) is 7.68. The van der Waals surface area contributed by atoms with Crippen LogP contribution in [0.15, 0.2) is 47.4 Å². The molecule has 23 heavy (non-hydrogen) atoms. The molecule has 0 spiro atoms. The maximum absolute atomic E-state index is 12.1. The summed E-state index contributed by atoms with van der Waals surface area (Å²) in [4.78, 5) is 12.3. The molecule has 0 bridgehead atoms. The van der Waals surface area contributed by atoms with Crippen LogP contribution in [-0.2, 0) is 10.0 Å². The molecule has 5 nitrogen and oxygen atoms in total. The van der Waals surface area contributed by atoms with Gasteiger partial charge in [0.1, 0.15) is 5.75 Å². The highest BCUT2D eigenvalue weighted by atomic mass is 32.2. The Labute approximate surface area is 136 Å². The summed E-state index contributed by atoms with van der Waals surface area (Å²) in [5.74, 6) is -0.0544. The van der Waals surface area contributed by atoms with Crippen LogP contribution in [-0.4, -0.2) is 32.8 Å². The average Bonchev–Trinajstić information content (AvgIpc) is 2.46. The van der Waals surface area contributed by atoms with Crippen LogP contribution in [0.2, 0.25) is 0 Å².